The van der Waals surface area contributed by atoms with Gasteiger partial charge in [-0.25, -0.2) is 0 Å². The number of aliphatic imine (C=N–C) groups is 1. The summed E-state index contributed by atoms with van der Waals surface area (Å²) in [6.45, 7) is 2.68. The molecule has 5 nitrogen and oxygen atoms in total. The van der Waals surface area contributed by atoms with Gasteiger partial charge in [0.1, 0.15) is 6.29 Å². The fraction of sp³-hybridized carbons (Fsp3) is 0.438. The number of benzene rings is 1. The highest BCUT2D eigenvalue weighted by molar-refractivity contribution is 5.87. The number of nitrogen functional groups attached to an aromatic ring is 1. The van der Waals surface area contributed by atoms with Crippen LogP contribution in [0.1, 0.15) is 36.8 Å². The summed E-state index contributed by atoms with van der Waals surface area (Å²) in [7, 11) is 1.69. The third-order valence-electron chi connectivity index (χ3n) is 3.49. The Morgan fingerprint density at radius 1 is 1.33 bits per heavy atom. The molecule has 0 aliphatic heterocycles. The number of rotatable bonds is 9. The van der Waals surface area contributed by atoms with Crippen LogP contribution in [0.25, 0.3) is 0 Å². The van der Waals surface area contributed by atoms with Crippen molar-refractivity contribution in [1.29, 1.82) is 0 Å². The van der Waals surface area contributed by atoms with Crippen LogP contribution >= 0.6 is 0 Å². The van der Waals surface area contributed by atoms with Gasteiger partial charge in [-0.05, 0) is 30.4 Å². The van der Waals surface area contributed by atoms with E-state index < -0.39 is 0 Å². The standard InChI is InChI=1S/C16H23N3O2/c1-12(8-19-11-21)3-4-15(10-20)13-5-6-14(9-18-2)16(17)7-13/h5-7,9-12,15H,3-4,8,17H2,1-2H3,(H,19,21)/t12?,15-/m0/s1. The molecule has 1 amide bonds. The number of nitrogens with two attached hydrogens (primary N) is 1. The molecular weight excluding hydrogens is 266 g/mol. The van der Waals surface area contributed by atoms with E-state index in [1.165, 1.54) is 0 Å². The van der Waals surface area contributed by atoms with Gasteiger partial charge in [-0.3, -0.25) is 9.79 Å². The zero-order valence-corrected chi connectivity index (χ0v) is 12.6. The quantitative estimate of drug-likeness (QED) is 0.413. The molecule has 0 aliphatic rings. The molecule has 0 heterocycles. The van der Waals surface area contributed by atoms with Crippen molar-refractivity contribution in [2.45, 2.75) is 25.7 Å². The van der Waals surface area contributed by atoms with Crippen molar-refractivity contribution in [1.82, 2.24) is 5.32 Å². The van der Waals surface area contributed by atoms with Crippen molar-refractivity contribution in [2.24, 2.45) is 10.9 Å². The molecule has 0 spiro atoms. The number of amides is 1. The van der Waals surface area contributed by atoms with Gasteiger partial charge in [0.15, 0.2) is 0 Å². The zero-order chi connectivity index (χ0) is 15.7. The van der Waals surface area contributed by atoms with Crippen molar-refractivity contribution in [3.63, 3.8) is 0 Å². The number of nitrogens with one attached hydrogen (secondary N) is 1. The minimum absolute atomic E-state index is 0.168. The number of anilines is 1. The zero-order valence-electron chi connectivity index (χ0n) is 12.6. The molecule has 0 fully saturated rings. The van der Waals surface area contributed by atoms with Gasteiger partial charge in [-0.2, -0.15) is 0 Å². The number of carbonyl (C=O) groups is 2. The molecule has 0 saturated heterocycles. The minimum atomic E-state index is -0.168. The van der Waals surface area contributed by atoms with E-state index in [2.05, 4.69) is 10.3 Å². The van der Waals surface area contributed by atoms with Crippen LogP contribution in [0.4, 0.5) is 5.69 Å². The molecular formula is C16H23N3O2. The Balaban J connectivity index is 2.69. The van der Waals surface area contributed by atoms with Gasteiger partial charge in [0.25, 0.3) is 0 Å². The summed E-state index contributed by atoms with van der Waals surface area (Å²) in [5, 5.41) is 2.66. The Kier molecular flexibility index (Phi) is 7.15. The van der Waals surface area contributed by atoms with Crippen LogP contribution in [0, 0.1) is 5.92 Å². The monoisotopic (exact) mass is 289 g/mol. The Morgan fingerprint density at radius 2 is 2.10 bits per heavy atom. The van der Waals surface area contributed by atoms with Crippen LogP contribution in [0.3, 0.4) is 0 Å². The second-order valence-corrected chi connectivity index (χ2v) is 5.23. The fourth-order valence-electron chi connectivity index (χ4n) is 2.21. The summed E-state index contributed by atoms with van der Waals surface area (Å²) in [6.07, 6.45) is 4.96. The number of hydrogen-bond acceptors (Lipinski definition) is 4. The molecule has 2 atom stereocenters. The first kappa shape index (κ1) is 16.9. The highest BCUT2D eigenvalue weighted by atomic mass is 16.1. The first-order valence-electron chi connectivity index (χ1n) is 7.06. The highest BCUT2D eigenvalue weighted by Crippen LogP contribution is 2.24. The van der Waals surface area contributed by atoms with E-state index in [1.807, 2.05) is 25.1 Å². The summed E-state index contributed by atoms with van der Waals surface area (Å²) in [5.74, 6) is 0.167. The summed E-state index contributed by atoms with van der Waals surface area (Å²) in [5.41, 5.74) is 8.37. The van der Waals surface area contributed by atoms with Crippen LogP contribution in [0.2, 0.25) is 0 Å². The third-order valence-corrected chi connectivity index (χ3v) is 3.49. The van der Waals surface area contributed by atoms with Crippen molar-refractivity contribution in [3.8, 4) is 0 Å². The molecule has 1 unspecified atom stereocenters. The molecule has 1 aromatic rings. The number of hydrogen-bond donors (Lipinski definition) is 2. The van der Waals surface area contributed by atoms with E-state index in [1.54, 1.807) is 13.3 Å². The predicted octanol–water partition coefficient (Wildman–Crippen LogP) is 1.76. The maximum absolute atomic E-state index is 11.3. The van der Waals surface area contributed by atoms with Gasteiger partial charge < -0.3 is 15.8 Å². The van der Waals surface area contributed by atoms with Gasteiger partial charge in [0, 0.05) is 37.0 Å². The molecule has 0 bridgehead atoms. The Labute approximate surface area is 125 Å². The average molecular weight is 289 g/mol. The third kappa shape index (κ3) is 5.38. The number of nitrogens with zero attached hydrogens (tertiary/aromatic N) is 1. The van der Waals surface area contributed by atoms with E-state index in [0.717, 1.165) is 30.3 Å². The van der Waals surface area contributed by atoms with Crippen molar-refractivity contribution in [3.05, 3.63) is 29.3 Å². The van der Waals surface area contributed by atoms with Gasteiger partial charge in [-0.1, -0.05) is 19.1 Å². The van der Waals surface area contributed by atoms with Gasteiger partial charge in [0.05, 0.1) is 0 Å². The van der Waals surface area contributed by atoms with E-state index in [-0.39, 0.29) is 5.92 Å². The second kappa shape index (κ2) is 8.89. The Bertz CT molecular complexity index is 500. The van der Waals surface area contributed by atoms with Gasteiger partial charge >= 0.3 is 0 Å². The molecule has 0 saturated carbocycles. The van der Waals surface area contributed by atoms with E-state index in [4.69, 9.17) is 5.73 Å². The molecule has 0 aromatic heterocycles. The van der Waals surface area contributed by atoms with Crippen molar-refractivity contribution >= 4 is 24.6 Å². The molecule has 1 aromatic carbocycles. The normalized spacial score (nSPS) is 13.8. The Morgan fingerprint density at radius 3 is 2.67 bits per heavy atom. The molecule has 3 N–H and O–H groups in total. The van der Waals surface area contributed by atoms with E-state index in [9.17, 15) is 9.59 Å². The van der Waals surface area contributed by atoms with Crippen molar-refractivity contribution < 1.29 is 9.59 Å². The van der Waals surface area contributed by atoms with Gasteiger partial charge in [0.2, 0.25) is 6.41 Å². The molecule has 0 radical (unpaired) electrons. The van der Waals surface area contributed by atoms with Crippen molar-refractivity contribution in [2.75, 3.05) is 19.3 Å². The lowest BCUT2D eigenvalue weighted by Gasteiger charge is -2.15. The molecule has 1 rings (SSSR count). The molecule has 21 heavy (non-hydrogen) atoms. The largest absolute Gasteiger partial charge is 0.398 e. The van der Waals surface area contributed by atoms with Crippen LogP contribution < -0.4 is 11.1 Å². The fourth-order valence-corrected chi connectivity index (χ4v) is 2.21. The molecule has 5 heteroatoms. The average Bonchev–Trinajstić information content (AvgIpc) is 2.48. The highest BCUT2D eigenvalue weighted by Gasteiger charge is 2.13. The first-order valence-corrected chi connectivity index (χ1v) is 7.06. The number of aldehydes is 1. The maximum atomic E-state index is 11.3. The summed E-state index contributed by atoms with van der Waals surface area (Å²) < 4.78 is 0. The maximum Gasteiger partial charge on any atom is 0.207 e. The Hall–Kier alpha value is -2.17. The van der Waals surface area contributed by atoms with E-state index >= 15 is 0 Å². The number of carbonyl (C=O) groups excluding carboxylic acids is 2. The summed E-state index contributed by atoms with van der Waals surface area (Å²) >= 11 is 0. The van der Waals surface area contributed by atoms with Gasteiger partial charge in [-0.15, -0.1) is 0 Å². The van der Waals surface area contributed by atoms with Crippen LogP contribution in [-0.2, 0) is 9.59 Å². The minimum Gasteiger partial charge on any atom is -0.398 e. The lowest BCUT2D eigenvalue weighted by molar-refractivity contribution is -0.110. The predicted molar refractivity (Wildman–Crippen MR) is 85.6 cm³/mol. The van der Waals surface area contributed by atoms with Crippen LogP contribution in [-0.4, -0.2) is 32.5 Å². The van der Waals surface area contributed by atoms with E-state index in [0.29, 0.717) is 24.6 Å². The topological polar surface area (TPSA) is 84.5 Å². The smallest absolute Gasteiger partial charge is 0.207 e. The van der Waals surface area contributed by atoms with Crippen LogP contribution in [0.15, 0.2) is 23.2 Å². The summed E-state index contributed by atoms with van der Waals surface area (Å²) in [6, 6.07) is 5.64. The van der Waals surface area contributed by atoms with Crippen LogP contribution in [0.5, 0.6) is 0 Å². The molecule has 0 aliphatic carbocycles. The lowest BCUT2D eigenvalue weighted by atomic mass is 9.91. The summed E-state index contributed by atoms with van der Waals surface area (Å²) in [4.78, 5) is 25.5. The molecule has 114 valence electrons. The second-order valence-electron chi connectivity index (χ2n) is 5.23. The first-order chi connectivity index (χ1) is 10.1. The lowest BCUT2D eigenvalue weighted by Crippen LogP contribution is -2.19. The SMILES string of the molecule is CN=Cc1ccc([C@H](C=O)CCC(C)CNC=O)cc1N.